The molecule has 2 atom stereocenters. The SMILES string of the molecule is C[C@H]1CCCC[C@@H]1N1C(=O)C(=O)N(CN(C)Cc2c(F)cccc2Cl)C1=O. The second-order valence-electron chi connectivity index (χ2n) is 7.38. The van der Waals surface area contributed by atoms with E-state index in [2.05, 4.69) is 0 Å². The third kappa shape index (κ3) is 3.84. The number of urea groups is 1. The molecule has 0 bridgehead atoms. The Balaban J connectivity index is 1.72. The molecule has 2 fully saturated rings. The van der Waals surface area contributed by atoms with Crippen molar-refractivity contribution < 1.29 is 18.8 Å². The highest BCUT2D eigenvalue weighted by Crippen LogP contribution is 2.31. The van der Waals surface area contributed by atoms with Gasteiger partial charge >= 0.3 is 17.8 Å². The Hall–Kier alpha value is -1.99. The number of hydrogen-bond acceptors (Lipinski definition) is 4. The summed E-state index contributed by atoms with van der Waals surface area (Å²) in [5.41, 5.74) is 0.282. The highest BCUT2D eigenvalue weighted by atomic mass is 35.5. The summed E-state index contributed by atoms with van der Waals surface area (Å²) < 4.78 is 14.0. The van der Waals surface area contributed by atoms with Crippen molar-refractivity contribution in [3.05, 3.63) is 34.6 Å². The van der Waals surface area contributed by atoms with Crippen molar-refractivity contribution in [2.45, 2.75) is 45.2 Å². The molecule has 0 spiro atoms. The van der Waals surface area contributed by atoms with Crippen molar-refractivity contribution in [1.29, 1.82) is 0 Å². The summed E-state index contributed by atoms with van der Waals surface area (Å²) in [6.07, 6.45) is 3.66. The minimum absolute atomic E-state index is 0.105. The number of benzene rings is 1. The predicted octanol–water partition coefficient (Wildman–Crippen LogP) is 3.24. The number of nitrogens with zero attached hydrogens (tertiary/aromatic N) is 3. The zero-order valence-corrected chi connectivity index (χ0v) is 16.2. The van der Waals surface area contributed by atoms with Crippen LogP contribution >= 0.6 is 11.6 Å². The van der Waals surface area contributed by atoms with Gasteiger partial charge in [0.1, 0.15) is 5.82 Å². The van der Waals surface area contributed by atoms with Crippen LogP contribution in [0.5, 0.6) is 0 Å². The highest BCUT2D eigenvalue weighted by molar-refractivity contribution is 6.44. The van der Waals surface area contributed by atoms with Crippen LogP contribution in [0.4, 0.5) is 9.18 Å². The lowest BCUT2D eigenvalue weighted by atomic mass is 9.85. The van der Waals surface area contributed by atoms with E-state index in [0.29, 0.717) is 0 Å². The summed E-state index contributed by atoms with van der Waals surface area (Å²) >= 11 is 6.04. The maximum absolute atomic E-state index is 14.0. The standard InChI is InChI=1S/C19H23ClFN3O3/c1-12-6-3-4-9-16(12)24-18(26)17(25)23(19(24)27)11-22(2)10-13-14(20)7-5-8-15(13)21/h5,7-8,12,16H,3-4,6,9-11H2,1-2H3/t12-,16-/m0/s1. The van der Waals surface area contributed by atoms with Gasteiger partial charge in [-0.2, -0.15) is 0 Å². The van der Waals surface area contributed by atoms with Gasteiger partial charge in [0, 0.05) is 23.2 Å². The van der Waals surface area contributed by atoms with Crippen LogP contribution in [-0.2, 0) is 16.1 Å². The van der Waals surface area contributed by atoms with Gasteiger partial charge in [-0.25, -0.2) is 14.1 Å². The van der Waals surface area contributed by atoms with Gasteiger partial charge in [-0.15, -0.1) is 0 Å². The molecule has 0 aromatic heterocycles. The Morgan fingerprint density at radius 3 is 2.56 bits per heavy atom. The van der Waals surface area contributed by atoms with E-state index >= 15 is 0 Å². The molecule has 8 heteroatoms. The molecular formula is C19H23ClFN3O3. The first-order valence-corrected chi connectivity index (χ1v) is 9.49. The Bertz CT molecular complexity index is 752. The van der Waals surface area contributed by atoms with E-state index in [4.69, 9.17) is 11.6 Å². The smallest absolute Gasteiger partial charge is 0.284 e. The largest absolute Gasteiger partial charge is 0.335 e. The van der Waals surface area contributed by atoms with Gasteiger partial charge in [-0.3, -0.25) is 19.4 Å². The quantitative estimate of drug-likeness (QED) is 0.567. The van der Waals surface area contributed by atoms with Gasteiger partial charge in [-0.1, -0.05) is 37.4 Å². The second kappa shape index (κ2) is 7.94. The molecule has 146 valence electrons. The van der Waals surface area contributed by atoms with Crippen molar-refractivity contribution in [3.63, 3.8) is 0 Å². The van der Waals surface area contributed by atoms with Crippen LogP contribution in [0.2, 0.25) is 5.02 Å². The highest BCUT2D eigenvalue weighted by Gasteiger charge is 2.49. The molecule has 1 heterocycles. The van der Waals surface area contributed by atoms with Gasteiger partial charge in [0.05, 0.1) is 6.67 Å². The van der Waals surface area contributed by atoms with Crippen LogP contribution in [0, 0.1) is 11.7 Å². The molecule has 1 aromatic rings. The zero-order valence-electron chi connectivity index (χ0n) is 15.5. The van der Waals surface area contributed by atoms with Gasteiger partial charge in [-0.05, 0) is 37.9 Å². The average Bonchev–Trinajstić information content (AvgIpc) is 2.83. The third-order valence-electron chi connectivity index (χ3n) is 5.35. The van der Waals surface area contributed by atoms with Crippen molar-refractivity contribution in [1.82, 2.24) is 14.7 Å². The first kappa shape index (κ1) is 19.8. The Kier molecular flexibility index (Phi) is 5.81. The fourth-order valence-electron chi connectivity index (χ4n) is 3.86. The predicted molar refractivity (Wildman–Crippen MR) is 98.3 cm³/mol. The maximum atomic E-state index is 14.0. The molecule has 0 radical (unpaired) electrons. The zero-order chi connectivity index (χ0) is 19.7. The monoisotopic (exact) mass is 395 g/mol. The van der Waals surface area contributed by atoms with Gasteiger partial charge < -0.3 is 0 Å². The molecule has 2 aliphatic rings. The average molecular weight is 396 g/mol. The first-order chi connectivity index (χ1) is 12.8. The fourth-order valence-corrected chi connectivity index (χ4v) is 4.09. The lowest BCUT2D eigenvalue weighted by Crippen LogP contribution is -2.46. The molecule has 1 aliphatic heterocycles. The van der Waals surface area contributed by atoms with Crippen molar-refractivity contribution in [2.24, 2.45) is 5.92 Å². The molecule has 3 rings (SSSR count). The van der Waals surface area contributed by atoms with Gasteiger partial charge in [0.2, 0.25) is 0 Å². The Morgan fingerprint density at radius 1 is 1.19 bits per heavy atom. The van der Waals surface area contributed by atoms with Crippen LogP contribution in [-0.4, -0.2) is 52.3 Å². The number of carbonyl (C=O) groups is 3. The molecule has 1 saturated heterocycles. The molecule has 1 saturated carbocycles. The summed E-state index contributed by atoms with van der Waals surface area (Å²) in [6, 6.07) is 3.57. The van der Waals surface area contributed by atoms with Crippen LogP contribution in [0.1, 0.15) is 38.2 Å². The minimum Gasteiger partial charge on any atom is -0.284 e. The lowest BCUT2D eigenvalue weighted by Gasteiger charge is -2.34. The summed E-state index contributed by atoms with van der Waals surface area (Å²) in [5, 5.41) is 0.273. The van der Waals surface area contributed by atoms with Crippen LogP contribution in [0.3, 0.4) is 0 Å². The van der Waals surface area contributed by atoms with Gasteiger partial charge in [0.15, 0.2) is 0 Å². The summed E-state index contributed by atoms with van der Waals surface area (Å²) in [7, 11) is 1.64. The molecule has 27 heavy (non-hydrogen) atoms. The third-order valence-corrected chi connectivity index (χ3v) is 5.71. The van der Waals surface area contributed by atoms with Gasteiger partial charge in [0.25, 0.3) is 0 Å². The Labute approximate surface area is 162 Å². The normalized spacial score (nSPS) is 23.7. The topological polar surface area (TPSA) is 60.9 Å². The van der Waals surface area contributed by atoms with Crippen LogP contribution in [0.25, 0.3) is 0 Å². The lowest BCUT2D eigenvalue weighted by molar-refractivity contribution is -0.145. The number of halogens is 2. The molecule has 0 unspecified atom stereocenters. The summed E-state index contributed by atoms with van der Waals surface area (Å²) in [5.74, 6) is -1.88. The molecule has 4 amide bonds. The number of imide groups is 2. The van der Waals surface area contributed by atoms with Crippen LogP contribution in [0.15, 0.2) is 18.2 Å². The molecule has 1 aliphatic carbocycles. The van der Waals surface area contributed by atoms with Crippen molar-refractivity contribution in [2.75, 3.05) is 13.7 Å². The number of hydrogen-bond donors (Lipinski definition) is 0. The van der Waals surface area contributed by atoms with E-state index in [-0.39, 0.29) is 35.8 Å². The van der Waals surface area contributed by atoms with E-state index in [1.165, 1.54) is 12.1 Å². The first-order valence-electron chi connectivity index (χ1n) is 9.11. The number of carbonyl (C=O) groups excluding carboxylic acids is 3. The van der Waals surface area contributed by atoms with E-state index in [9.17, 15) is 18.8 Å². The van der Waals surface area contributed by atoms with E-state index < -0.39 is 23.7 Å². The maximum Gasteiger partial charge on any atom is 0.335 e. The number of amides is 4. The molecule has 6 nitrogen and oxygen atoms in total. The summed E-state index contributed by atoms with van der Waals surface area (Å²) in [6.45, 7) is 2.01. The Morgan fingerprint density at radius 2 is 1.89 bits per heavy atom. The molecular weight excluding hydrogens is 373 g/mol. The van der Waals surface area contributed by atoms with Crippen molar-refractivity contribution in [3.8, 4) is 0 Å². The fraction of sp³-hybridized carbons (Fsp3) is 0.526. The molecule has 0 N–H and O–H groups in total. The summed E-state index contributed by atoms with van der Waals surface area (Å²) in [4.78, 5) is 41.2. The van der Waals surface area contributed by atoms with Crippen LogP contribution < -0.4 is 0 Å². The second-order valence-corrected chi connectivity index (χ2v) is 7.78. The van der Waals surface area contributed by atoms with Crippen molar-refractivity contribution >= 4 is 29.4 Å². The minimum atomic E-state index is -0.829. The van der Waals surface area contributed by atoms with E-state index in [1.807, 2.05) is 6.92 Å². The van der Waals surface area contributed by atoms with E-state index in [0.717, 1.165) is 35.5 Å². The number of rotatable bonds is 5. The van der Waals surface area contributed by atoms with E-state index in [1.54, 1.807) is 18.0 Å². The molecule has 1 aromatic carbocycles.